The van der Waals surface area contributed by atoms with Crippen molar-refractivity contribution in [2.75, 3.05) is 7.11 Å². The molecule has 0 aliphatic carbocycles. The third-order valence-electron chi connectivity index (χ3n) is 2.28. The van der Waals surface area contributed by atoms with Gasteiger partial charge < -0.3 is 14.4 Å². The Morgan fingerprint density at radius 2 is 2.38 bits per heavy atom. The predicted octanol–water partition coefficient (Wildman–Crippen LogP) is 0.915. The maximum atomic E-state index is 10.5. The lowest BCUT2D eigenvalue weighted by atomic mass is 10.4. The summed E-state index contributed by atoms with van der Waals surface area (Å²) in [5.74, 6) is -0.332. The summed E-state index contributed by atoms with van der Waals surface area (Å²) in [6, 6.07) is 1.82. The van der Waals surface area contributed by atoms with E-state index < -0.39 is 5.97 Å². The number of rotatable bonds is 4. The number of nitrogens with zero attached hydrogens (tertiary/aromatic N) is 3. The minimum absolute atomic E-state index is 0.0656. The van der Waals surface area contributed by atoms with E-state index >= 15 is 0 Å². The molecule has 0 fully saturated rings. The molecule has 0 bridgehead atoms. The summed E-state index contributed by atoms with van der Waals surface area (Å²) in [6.07, 6.45) is 3.25. The molecule has 16 heavy (non-hydrogen) atoms. The van der Waals surface area contributed by atoms with Crippen LogP contribution in [0, 0.1) is 0 Å². The van der Waals surface area contributed by atoms with Gasteiger partial charge in [-0.25, -0.2) is 9.97 Å². The lowest BCUT2D eigenvalue weighted by Gasteiger charge is -2.03. The quantitative estimate of drug-likeness (QED) is 0.830. The Hall–Kier alpha value is -2.11. The number of fused-ring (bicyclic) bond motifs is 1. The third-order valence-corrected chi connectivity index (χ3v) is 2.28. The van der Waals surface area contributed by atoms with Crippen LogP contribution in [-0.4, -0.2) is 32.7 Å². The van der Waals surface area contributed by atoms with Crippen molar-refractivity contribution in [1.82, 2.24) is 14.5 Å². The molecule has 0 aliphatic rings. The molecule has 2 rings (SSSR count). The molecule has 0 aliphatic heterocycles. The second-order valence-corrected chi connectivity index (χ2v) is 3.27. The second-order valence-electron chi connectivity index (χ2n) is 3.27. The standard InChI is InChI=1S/C10H11N3O3/c1-16-10-7-2-4-13(5-3-8(14)15)9(7)11-6-12-10/h2,4,6H,3,5H2,1H3,(H,14,15). The summed E-state index contributed by atoms with van der Waals surface area (Å²) in [5.41, 5.74) is 0.688. The van der Waals surface area contributed by atoms with Gasteiger partial charge in [0.2, 0.25) is 5.88 Å². The molecular formula is C10H11N3O3. The molecule has 6 heteroatoms. The van der Waals surface area contributed by atoms with Crippen LogP contribution in [-0.2, 0) is 11.3 Å². The zero-order valence-corrected chi connectivity index (χ0v) is 8.75. The number of carbonyl (C=O) groups is 1. The molecule has 6 nitrogen and oxygen atoms in total. The van der Waals surface area contributed by atoms with Crippen molar-refractivity contribution in [2.24, 2.45) is 0 Å². The second kappa shape index (κ2) is 4.18. The van der Waals surface area contributed by atoms with Gasteiger partial charge in [-0.15, -0.1) is 0 Å². The van der Waals surface area contributed by atoms with E-state index in [4.69, 9.17) is 9.84 Å². The number of carboxylic acids is 1. The Balaban J connectivity index is 2.37. The highest BCUT2D eigenvalue weighted by Gasteiger charge is 2.08. The number of carboxylic acid groups (broad SMARTS) is 1. The van der Waals surface area contributed by atoms with E-state index in [9.17, 15) is 4.79 Å². The summed E-state index contributed by atoms with van der Waals surface area (Å²) in [6.45, 7) is 0.388. The maximum Gasteiger partial charge on any atom is 0.305 e. The summed E-state index contributed by atoms with van der Waals surface area (Å²) >= 11 is 0. The number of ether oxygens (including phenoxy) is 1. The van der Waals surface area contributed by atoms with Crippen molar-refractivity contribution in [3.8, 4) is 5.88 Å². The average Bonchev–Trinajstić information content (AvgIpc) is 2.69. The van der Waals surface area contributed by atoms with Crippen LogP contribution in [0.15, 0.2) is 18.6 Å². The first-order valence-electron chi connectivity index (χ1n) is 4.78. The topological polar surface area (TPSA) is 77.2 Å². The Kier molecular flexibility index (Phi) is 2.72. The molecule has 0 spiro atoms. The maximum absolute atomic E-state index is 10.5. The lowest BCUT2D eigenvalue weighted by molar-refractivity contribution is -0.137. The van der Waals surface area contributed by atoms with E-state index in [1.165, 1.54) is 13.4 Å². The lowest BCUT2D eigenvalue weighted by Crippen LogP contribution is -2.04. The van der Waals surface area contributed by atoms with Crippen molar-refractivity contribution in [2.45, 2.75) is 13.0 Å². The van der Waals surface area contributed by atoms with Gasteiger partial charge in [-0.3, -0.25) is 4.79 Å². The first kappa shape index (κ1) is 10.4. The SMILES string of the molecule is COc1ncnc2c1ccn2CCC(=O)O. The van der Waals surface area contributed by atoms with Gasteiger partial charge in [0.25, 0.3) is 0 Å². The molecule has 2 aromatic heterocycles. The number of hydrogen-bond acceptors (Lipinski definition) is 4. The highest BCUT2D eigenvalue weighted by atomic mass is 16.5. The van der Waals surface area contributed by atoms with Crippen molar-refractivity contribution >= 4 is 17.0 Å². The van der Waals surface area contributed by atoms with Crippen molar-refractivity contribution in [1.29, 1.82) is 0 Å². The van der Waals surface area contributed by atoms with Gasteiger partial charge in [0.05, 0.1) is 18.9 Å². The van der Waals surface area contributed by atoms with Crippen LogP contribution in [0.3, 0.4) is 0 Å². The highest BCUT2D eigenvalue weighted by Crippen LogP contribution is 2.21. The molecule has 0 radical (unpaired) electrons. The molecule has 0 saturated carbocycles. The molecule has 2 aromatic rings. The van der Waals surface area contributed by atoms with Crippen LogP contribution in [0.1, 0.15) is 6.42 Å². The van der Waals surface area contributed by atoms with Gasteiger partial charge in [0, 0.05) is 12.7 Å². The van der Waals surface area contributed by atoms with Gasteiger partial charge >= 0.3 is 5.97 Å². The number of methoxy groups -OCH3 is 1. The highest BCUT2D eigenvalue weighted by molar-refractivity contribution is 5.81. The molecule has 1 N–H and O–H groups in total. The van der Waals surface area contributed by atoms with Crippen molar-refractivity contribution in [3.63, 3.8) is 0 Å². The monoisotopic (exact) mass is 221 g/mol. The molecule has 0 unspecified atom stereocenters. The smallest absolute Gasteiger partial charge is 0.305 e. The van der Waals surface area contributed by atoms with Crippen LogP contribution < -0.4 is 4.74 Å². The van der Waals surface area contributed by atoms with Crippen LogP contribution in [0.25, 0.3) is 11.0 Å². The van der Waals surface area contributed by atoms with Gasteiger partial charge in [-0.2, -0.15) is 0 Å². The van der Waals surface area contributed by atoms with E-state index in [1.54, 1.807) is 10.8 Å². The molecular weight excluding hydrogens is 210 g/mol. The summed E-state index contributed by atoms with van der Waals surface area (Å²) < 4.78 is 6.86. The number of hydrogen-bond donors (Lipinski definition) is 1. The minimum Gasteiger partial charge on any atom is -0.481 e. The first-order valence-corrected chi connectivity index (χ1v) is 4.78. The molecule has 84 valence electrons. The molecule has 0 atom stereocenters. The molecule has 0 saturated heterocycles. The average molecular weight is 221 g/mol. The fourth-order valence-corrected chi connectivity index (χ4v) is 1.54. The zero-order valence-electron chi connectivity index (χ0n) is 8.75. The van der Waals surface area contributed by atoms with Gasteiger partial charge in [-0.1, -0.05) is 0 Å². The molecule has 2 heterocycles. The van der Waals surface area contributed by atoms with Gasteiger partial charge in [0.15, 0.2) is 0 Å². The fourth-order valence-electron chi connectivity index (χ4n) is 1.54. The first-order chi connectivity index (χ1) is 7.72. The number of aliphatic carboxylic acids is 1. The summed E-state index contributed by atoms with van der Waals surface area (Å²) in [5, 5.41) is 9.40. The van der Waals surface area contributed by atoms with Gasteiger partial charge in [0.1, 0.15) is 12.0 Å². The van der Waals surface area contributed by atoms with E-state index in [1.807, 2.05) is 6.07 Å². The van der Waals surface area contributed by atoms with E-state index in [0.717, 1.165) is 5.39 Å². The normalized spacial score (nSPS) is 10.6. The number of aromatic nitrogens is 3. The summed E-state index contributed by atoms with van der Waals surface area (Å²) in [7, 11) is 1.54. The largest absolute Gasteiger partial charge is 0.481 e. The van der Waals surface area contributed by atoms with Crippen LogP contribution >= 0.6 is 0 Å². The summed E-state index contributed by atoms with van der Waals surface area (Å²) in [4.78, 5) is 18.6. The predicted molar refractivity (Wildman–Crippen MR) is 56.3 cm³/mol. The Morgan fingerprint density at radius 3 is 3.06 bits per heavy atom. The van der Waals surface area contributed by atoms with Crippen molar-refractivity contribution in [3.05, 3.63) is 18.6 Å². The third kappa shape index (κ3) is 1.81. The van der Waals surface area contributed by atoms with E-state index in [0.29, 0.717) is 18.1 Å². The zero-order chi connectivity index (χ0) is 11.5. The Bertz CT molecular complexity index is 521. The Labute approximate surface area is 91.5 Å². The Morgan fingerprint density at radius 1 is 1.56 bits per heavy atom. The van der Waals surface area contributed by atoms with E-state index in [-0.39, 0.29) is 6.42 Å². The van der Waals surface area contributed by atoms with Crippen molar-refractivity contribution < 1.29 is 14.6 Å². The molecule has 0 aromatic carbocycles. The fraction of sp³-hybridized carbons (Fsp3) is 0.300. The van der Waals surface area contributed by atoms with E-state index in [2.05, 4.69) is 9.97 Å². The molecule has 0 amide bonds. The van der Waals surface area contributed by atoms with Crippen LogP contribution in [0.2, 0.25) is 0 Å². The van der Waals surface area contributed by atoms with Gasteiger partial charge in [-0.05, 0) is 6.07 Å². The van der Waals surface area contributed by atoms with Crippen LogP contribution in [0.5, 0.6) is 5.88 Å². The minimum atomic E-state index is -0.831. The number of aryl methyl sites for hydroxylation is 1. The van der Waals surface area contributed by atoms with Crippen LogP contribution in [0.4, 0.5) is 0 Å².